The minimum atomic E-state index is -3.09. The number of nitrogens with one attached hydrogen (secondary N) is 3. The van der Waals surface area contributed by atoms with Crippen molar-refractivity contribution in [2.75, 3.05) is 13.7 Å². The molecule has 0 spiro atoms. The Hall–Kier alpha value is -3.64. The Morgan fingerprint density at radius 1 is 1.32 bits per heavy atom. The minimum absolute atomic E-state index is 0.0700. The maximum absolute atomic E-state index is 14.2. The summed E-state index contributed by atoms with van der Waals surface area (Å²) in [6.07, 6.45) is 0.936. The predicted molar refractivity (Wildman–Crippen MR) is 138 cm³/mol. The van der Waals surface area contributed by atoms with Crippen LogP contribution in [0.1, 0.15) is 28.3 Å². The Morgan fingerprint density at radius 2 is 2.08 bits per heavy atom. The number of amides is 1. The van der Waals surface area contributed by atoms with Crippen LogP contribution in [0.3, 0.4) is 0 Å². The Morgan fingerprint density at radius 3 is 2.76 bits per heavy atom. The van der Waals surface area contributed by atoms with Crippen LogP contribution in [-0.2, 0) is 16.1 Å². The first-order valence-corrected chi connectivity index (χ1v) is 11.5. The first kappa shape index (κ1) is 27.9. The van der Waals surface area contributed by atoms with E-state index in [1.54, 1.807) is 27.0 Å². The maximum Gasteiger partial charge on any atom is 0.345 e. The van der Waals surface area contributed by atoms with Crippen LogP contribution in [0.2, 0.25) is 5.02 Å². The number of alkyl halides is 2. The maximum atomic E-state index is 14.2. The second-order valence-corrected chi connectivity index (χ2v) is 8.33. The molecule has 1 heterocycles. The number of para-hydroxylation sites is 1. The summed E-state index contributed by atoms with van der Waals surface area (Å²) >= 11 is 6.33. The summed E-state index contributed by atoms with van der Waals surface area (Å²) < 4.78 is 48.8. The second-order valence-electron chi connectivity index (χ2n) is 7.93. The summed E-state index contributed by atoms with van der Waals surface area (Å²) in [5.74, 6) is -1.32. The molecule has 0 saturated heterocycles. The molecule has 8 nitrogen and oxygen atoms in total. The van der Waals surface area contributed by atoms with E-state index in [1.807, 2.05) is 19.1 Å². The van der Waals surface area contributed by atoms with Crippen LogP contribution in [0.4, 0.5) is 13.2 Å². The SMILES string of the molecule is BC(NC(=O)COC(F)F)c1cc(F)cc(Cl)c1COc1cccc2c(/C(=N/C=N)NC)cc(C)nc12. The number of fused-ring (bicyclic) bond motifs is 1. The molecular weight excluding hydrogens is 510 g/mol. The van der Waals surface area contributed by atoms with Crippen molar-refractivity contribution in [3.05, 3.63) is 69.6 Å². The number of aliphatic imine (C=N–C) groups is 1. The normalized spacial score (nSPS) is 12.5. The lowest BCUT2D eigenvalue weighted by Gasteiger charge is -2.20. The zero-order valence-electron chi connectivity index (χ0n) is 20.2. The number of pyridine rings is 1. The predicted octanol–water partition coefficient (Wildman–Crippen LogP) is 3.47. The molecule has 1 unspecified atom stereocenters. The van der Waals surface area contributed by atoms with E-state index in [0.717, 1.165) is 23.4 Å². The van der Waals surface area contributed by atoms with Crippen molar-refractivity contribution in [1.82, 2.24) is 15.6 Å². The second kappa shape index (κ2) is 12.6. The average Bonchev–Trinajstić information content (AvgIpc) is 2.84. The topological polar surface area (TPSA) is 109 Å². The van der Waals surface area contributed by atoms with E-state index in [1.165, 1.54) is 6.07 Å². The highest BCUT2D eigenvalue weighted by atomic mass is 35.5. The number of aromatic nitrogens is 1. The fourth-order valence-electron chi connectivity index (χ4n) is 3.81. The molecule has 0 fully saturated rings. The summed E-state index contributed by atoms with van der Waals surface area (Å²) in [5.41, 5.74) is 2.67. The van der Waals surface area contributed by atoms with Crippen LogP contribution in [0.25, 0.3) is 10.9 Å². The van der Waals surface area contributed by atoms with E-state index < -0.39 is 30.9 Å². The number of benzene rings is 2. The Balaban J connectivity index is 1.94. The number of halogens is 4. The van der Waals surface area contributed by atoms with Crippen LogP contribution < -0.4 is 15.4 Å². The third kappa shape index (κ3) is 6.98. The molecule has 13 heteroatoms. The van der Waals surface area contributed by atoms with Crippen molar-refractivity contribution in [1.29, 1.82) is 5.41 Å². The van der Waals surface area contributed by atoms with Crippen LogP contribution >= 0.6 is 11.6 Å². The summed E-state index contributed by atoms with van der Waals surface area (Å²) in [5, 5.41) is 13.6. The van der Waals surface area contributed by atoms with Gasteiger partial charge in [-0.25, -0.2) is 14.4 Å². The molecule has 3 N–H and O–H groups in total. The highest BCUT2D eigenvalue weighted by Crippen LogP contribution is 2.31. The van der Waals surface area contributed by atoms with Gasteiger partial charge in [-0.1, -0.05) is 23.7 Å². The Labute approximate surface area is 217 Å². The molecule has 0 radical (unpaired) electrons. The van der Waals surface area contributed by atoms with E-state index in [9.17, 15) is 18.0 Å². The molecule has 0 bridgehead atoms. The van der Waals surface area contributed by atoms with E-state index in [2.05, 4.69) is 25.3 Å². The summed E-state index contributed by atoms with van der Waals surface area (Å²) in [6.45, 7) is -2.22. The molecule has 0 aliphatic rings. The number of carbonyl (C=O) groups excluding carboxylic acids is 1. The quantitative estimate of drug-likeness (QED) is 0.210. The van der Waals surface area contributed by atoms with Gasteiger partial charge in [0, 0.05) is 35.2 Å². The van der Waals surface area contributed by atoms with Crippen LogP contribution in [0.15, 0.2) is 41.4 Å². The van der Waals surface area contributed by atoms with Crippen LogP contribution in [0.5, 0.6) is 5.75 Å². The smallest absolute Gasteiger partial charge is 0.345 e. The lowest BCUT2D eigenvalue weighted by molar-refractivity contribution is -0.152. The highest BCUT2D eigenvalue weighted by Gasteiger charge is 2.20. The first-order valence-electron chi connectivity index (χ1n) is 11.1. The zero-order chi connectivity index (χ0) is 27.1. The molecule has 194 valence electrons. The number of ether oxygens (including phenoxy) is 2. The van der Waals surface area contributed by atoms with E-state index in [4.69, 9.17) is 21.7 Å². The standard InChI is InChI=1S/C24H24BClF3N5O3/c1-12-6-16(23(31-2)32-11-30)14-4-3-5-19(21(14)33-12)36-9-17-15(7-13(27)8-18(17)26)22(25)34-20(35)10-37-24(28)29/h3-8,11,22,24H,9-10,25H2,1-2H3,(H,34,35)(H2,30,31,32). The van der Waals surface area contributed by atoms with Crippen LogP contribution in [-0.4, -0.2) is 51.2 Å². The van der Waals surface area contributed by atoms with Crippen molar-refractivity contribution < 1.29 is 27.4 Å². The number of hydrogen-bond acceptors (Lipinski definition) is 5. The van der Waals surface area contributed by atoms with Crippen molar-refractivity contribution in [3.63, 3.8) is 0 Å². The Kier molecular flexibility index (Phi) is 9.48. The van der Waals surface area contributed by atoms with Crippen LogP contribution in [0, 0.1) is 18.2 Å². The number of carbonyl (C=O) groups is 1. The summed E-state index contributed by atoms with van der Waals surface area (Å²) in [6, 6.07) is 9.48. The molecule has 37 heavy (non-hydrogen) atoms. The number of hydrogen-bond donors (Lipinski definition) is 3. The van der Waals surface area contributed by atoms with Crippen molar-refractivity contribution >= 4 is 48.4 Å². The fraction of sp³-hybridized carbons (Fsp3) is 0.250. The molecule has 0 saturated carbocycles. The Bertz CT molecular complexity index is 1340. The third-order valence-electron chi connectivity index (χ3n) is 5.37. The zero-order valence-corrected chi connectivity index (χ0v) is 21.0. The van der Waals surface area contributed by atoms with Crippen molar-refractivity contribution in [3.8, 4) is 5.75 Å². The van der Waals surface area contributed by atoms with Gasteiger partial charge in [-0.05, 0) is 36.8 Å². The lowest BCUT2D eigenvalue weighted by atomic mass is 9.86. The van der Waals surface area contributed by atoms with Gasteiger partial charge >= 0.3 is 6.61 Å². The van der Waals surface area contributed by atoms with Gasteiger partial charge < -0.3 is 20.1 Å². The van der Waals surface area contributed by atoms with Gasteiger partial charge in [0.15, 0.2) is 0 Å². The number of aryl methyl sites for hydroxylation is 1. The molecule has 1 atom stereocenters. The largest absolute Gasteiger partial charge is 0.487 e. The summed E-state index contributed by atoms with van der Waals surface area (Å²) in [7, 11) is 3.26. The molecular formula is C24H24BClF3N5O3. The van der Waals surface area contributed by atoms with Gasteiger partial charge in [-0.2, -0.15) is 8.78 Å². The van der Waals surface area contributed by atoms with Gasteiger partial charge in [0.05, 0.1) is 5.02 Å². The minimum Gasteiger partial charge on any atom is -0.487 e. The number of amidine groups is 1. The van der Waals surface area contributed by atoms with E-state index in [-0.39, 0.29) is 11.6 Å². The fourth-order valence-corrected chi connectivity index (χ4v) is 4.08. The first-order chi connectivity index (χ1) is 17.6. The average molecular weight is 534 g/mol. The molecule has 0 aliphatic carbocycles. The lowest BCUT2D eigenvalue weighted by Crippen LogP contribution is -2.33. The third-order valence-corrected chi connectivity index (χ3v) is 5.70. The van der Waals surface area contributed by atoms with Gasteiger partial charge in [0.2, 0.25) is 5.91 Å². The van der Waals surface area contributed by atoms with Gasteiger partial charge in [0.1, 0.15) is 50.3 Å². The van der Waals surface area contributed by atoms with Crippen molar-refractivity contribution in [2.45, 2.75) is 26.1 Å². The van der Waals surface area contributed by atoms with E-state index >= 15 is 0 Å². The highest BCUT2D eigenvalue weighted by molar-refractivity contribution is 6.31. The molecule has 3 aromatic rings. The molecule has 0 aliphatic heterocycles. The molecule has 1 amide bonds. The molecule has 3 rings (SSSR count). The van der Waals surface area contributed by atoms with Gasteiger partial charge in [0.25, 0.3) is 0 Å². The monoisotopic (exact) mass is 533 g/mol. The van der Waals surface area contributed by atoms with Crippen molar-refractivity contribution in [2.24, 2.45) is 4.99 Å². The van der Waals surface area contributed by atoms with E-state index in [0.29, 0.717) is 33.9 Å². The van der Waals surface area contributed by atoms with Gasteiger partial charge in [-0.15, -0.1) is 0 Å². The number of rotatable bonds is 10. The molecule has 1 aromatic heterocycles. The molecule has 2 aromatic carbocycles. The summed E-state index contributed by atoms with van der Waals surface area (Å²) in [4.78, 5) is 20.6. The van der Waals surface area contributed by atoms with Gasteiger partial charge in [-0.3, -0.25) is 10.2 Å². The number of nitrogens with zero attached hydrogens (tertiary/aromatic N) is 2.